The highest BCUT2D eigenvalue weighted by molar-refractivity contribution is 5.85. The Morgan fingerprint density at radius 2 is 1.93 bits per heavy atom. The van der Waals surface area contributed by atoms with E-state index in [4.69, 9.17) is 5.11 Å². The first-order chi connectivity index (χ1) is 6.42. The molecule has 0 bridgehead atoms. The van der Waals surface area contributed by atoms with Gasteiger partial charge in [0.25, 0.3) is 0 Å². The van der Waals surface area contributed by atoms with Crippen molar-refractivity contribution in [2.45, 2.75) is 5.92 Å². The number of aliphatic hydroxyl groups excluding tert-OH is 1. The molecule has 1 heterocycles. The minimum absolute atomic E-state index is 0. The van der Waals surface area contributed by atoms with Crippen LogP contribution in [0.5, 0.6) is 0 Å². The molecule has 0 aliphatic carbocycles. The Bertz CT molecular complexity index is 265. The number of hydrogen-bond donors (Lipinski definition) is 2. The third-order valence-electron chi connectivity index (χ3n) is 2.80. The van der Waals surface area contributed by atoms with Gasteiger partial charge in [-0.3, -0.25) is 0 Å². The lowest BCUT2D eigenvalue weighted by Gasteiger charge is -2.15. The van der Waals surface area contributed by atoms with Crippen molar-refractivity contribution in [1.82, 2.24) is 5.32 Å². The number of rotatable bonds is 2. The summed E-state index contributed by atoms with van der Waals surface area (Å²) < 4.78 is 0. The van der Waals surface area contributed by atoms with Gasteiger partial charge in [0.05, 0.1) is 0 Å². The molecule has 2 unspecified atom stereocenters. The number of hydrogen-bond acceptors (Lipinski definition) is 2. The van der Waals surface area contributed by atoms with E-state index in [9.17, 15) is 0 Å². The van der Waals surface area contributed by atoms with Crippen molar-refractivity contribution in [3.05, 3.63) is 35.9 Å². The summed E-state index contributed by atoms with van der Waals surface area (Å²) in [6, 6.07) is 10.4. The second-order valence-electron chi connectivity index (χ2n) is 3.62. The quantitative estimate of drug-likeness (QED) is 0.779. The maximum atomic E-state index is 9.16. The third kappa shape index (κ3) is 2.27. The summed E-state index contributed by atoms with van der Waals surface area (Å²) in [5.41, 5.74) is 1.34. The summed E-state index contributed by atoms with van der Waals surface area (Å²) in [7, 11) is 0. The average Bonchev–Trinajstić information content (AvgIpc) is 2.67. The normalized spacial score (nSPS) is 25.8. The third-order valence-corrected chi connectivity index (χ3v) is 2.80. The molecular weight excluding hydrogens is 198 g/mol. The molecule has 0 aromatic heterocycles. The van der Waals surface area contributed by atoms with E-state index in [1.807, 2.05) is 6.07 Å². The molecule has 0 spiro atoms. The molecular formula is C11H16ClNO. The Kier molecular flexibility index (Phi) is 4.39. The van der Waals surface area contributed by atoms with Crippen LogP contribution in [0.3, 0.4) is 0 Å². The largest absolute Gasteiger partial charge is 0.396 e. The van der Waals surface area contributed by atoms with E-state index < -0.39 is 0 Å². The van der Waals surface area contributed by atoms with Gasteiger partial charge in [-0.2, -0.15) is 0 Å². The molecule has 14 heavy (non-hydrogen) atoms. The molecule has 1 aromatic rings. The van der Waals surface area contributed by atoms with Gasteiger partial charge in [0.15, 0.2) is 0 Å². The molecule has 78 valence electrons. The van der Waals surface area contributed by atoms with E-state index in [-0.39, 0.29) is 19.0 Å². The minimum atomic E-state index is 0. The van der Waals surface area contributed by atoms with Gasteiger partial charge in [-0.05, 0) is 5.56 Å². The highest BCUT2D eigenvalue weighted by Crippen LogP contribution is 2.27. The van der Waals surface area contributed by atoms with Crippen LogP contribution < -0.4 is 5.32 Å². The van der Waals surface area contributed by atoms with Crippen LogP contribution in [0.25, 0.3) is 0 Å². The standard InChI is InChI=1S/C11H15NO.ClH/c13-8-10-6-12-7-11(10)9-4-2-1-3-5-9;/h1-5,10-13H,6-8H2;1H. The second kappa shape index (κ2) is 5.35. The summed E-state index contributed by atoms with van der Waals surface area (Å²) in [5.74, 6) is 0.883. The fourth-order valence-corrected chi connectivity index (χ4v) is 2.02. The van der Waals surface area contributed by atoms with Crippen molar-refractivity contribution >= 4 is 12.4 Å². The Hall–Kier alpha value is -0.570. The van der Waals surface area contributed by atoms with Crippen molar-refractivity contribution in [3.8, 4) is 0 Å². The van der Waals surface area contributed by atoms with E-state index >= 15 is 0 Å². The maximum Gasteiger partial charge on any atom is 0.0477 e. The molecule has 1 aliphatic rings. The molecule has 3 heteroatoms. The van der Waals surface area contributed by atoms with E-state index in [0.29, 0.717) is 11.8 Å². The first kappa shape index (κ1) is 11.5. The first-order valence-electron chi connectivity index (χ1n) is 4.78. The number of nitrogens with one attached hydrogen (secondary N) is 1. The van der Waals surface area contributed by atoms with Crippen molar-refractivity contribution in [2.75, 3.05) is 19.7 Å². The van der Waals surface area contributed by atoms with Crippen LogP contribution in [0.2, 0.25) is 0 Å². The number of halogens is 1. The zero-order valence-corrected chi connectivity index (χ0v) is 8.83. The number of benzene rings is 1. The molecule has 0 saturated carbocycles. The van der Waals surface area contributed by atoms with Crippen LogP contribution in [-0.4, -0.2) is 24.8 Å². The summed E-state index contributed by atoms with van der Waals surface area (Å²) in [5, 5.41) is 12.5. The van der Waals surface area contributed by atoms with Gasteiger partial charge in [0.2, 0.25) is 0 Å². The van der Waals surface area contributed by atoms with Crippen LogP contribution in [0.1, 0.15) is 11.5 Å². The van der Waals surface area contributed by atoms with Gasteiger partial charge in [-0.25, -0.2) is 0 Å². The summed E-state index contributed by atoms with van der Waals surface area (Å²) in [6.07, 6.45) is 0. The van der Waals surface area contributed by atoms with Gasteiger partial charge in [0, 0.05) is 31.5 Å². The van der Waals surface area contributed by atoms with Crippen LogP contribution in [0.4, 0.5) is 0 Å². The van der Waals surface area contributed by atoms with E-state index in [2.05, 4.69) is 29.6 Å². The Morgan fingerprint density at radius 3 is 2.57 bits per heavy atom. The Balaban J connectivity index is 0.000000980. The molecule has 2 N–H and O–H groups in total. The lowest BCUT2D eigenvalue weighted by Crippen LogP contribution is -2.14. The molecule has 1 fully saturated rings. The summed E-state index contributed by atoms with van der Waals surface area (Å²) in [6.45, 7) is 2.22. The van der Waals surface area contributed by atoms with E-state index in [0.717, 1.165) is 13.1 Å². The molecule has 2 atom stereocenters. The van der Waals surface area contributed by atoms with Crippen molar-refractivity contribution in [2.24, 2.45) is 5.92 Å². The van der Waals surface area contributed by atoms with Crippen LogP contribution in [-0.2, 0) is 0 Å². The fraction of sp³-hybridized carbons (Fsp3) is 0.455. The smallest absolute Gasteiger partial charge is 0.0477 e. The predicted octanol–water partition coefficient (Wildman–Crippen LogP) is 1.40. The zero-order chi connectivity index (χ0) is 9.10. The molecule has 1 aromatic carbocycles. The van der Waals surface area contributed by atoms with Gasteiger partial charge in [0.1, 0.15) is 0 Å². The van der Waals surface area contributed by atoms with Crippen molar-refractivity contribution in [1.29, 1.82) is 0 Å². The predicted molar refractivity (Wildman–Crippen MR) is 59.9 cm³/mol. The SMILES string of the molecule is Cl.OCC1CNCC1c1ccccc1. The molecule has 0 amide bonds. The molecule has 2 nitrogen and oxygen atoms in total. The molecule has 2 rings (SSSR count). The van der Waals surface area contributed by atoms with Gasteiger partial charge < -0.3 is 10.4 Å². The Labute approximate surface area is 90.7 Å². The molecule has 1 saturated heterocycles. The maximum absolute atomic E-state index is 9.16. The highest BCUT2D eigenvalue weighted by atomic mass is 35.5. The van der Waals surface area contributed by atoms with Gasteiger partial charge in [-0.15, -0.1) is 12.4 Å². The highest BCUT2D eigenvalue weighted by Gasteiger charge is 2.27. The number of aliphatic hydroxyl groups is 1. The summed E-state index contributed by atoms with van der Waals surface area (Å²) in [4.78, 5) is 0. The van der Waals surface area contributed by atoms with Gasteiger partial charge >= 0.3 is 0 Å². The van der Waals surface area contributed by atoms with Gasteiger partial charge in [-0.1, -0.05) is 30.3 Å². The second-order valence-corrected chi connectivity index (χ2v) is 3.62. The van der Waals surface area contributed by atoms with Crippen molar-refractivity contribution < 1.29 is 5.11 Å². The first-order valence-corrected chi connectivity index (χ1v) is 4.78. The fourth-order valence-electron chi connectivity index (χ4n) is 2.02. The van der Waals surface area contributed by atoms with Crippen LogP contribution in [0, 0.1) is 5.92 Å². The van der Waals surface area contributed by atoms with Crippen LogP contribution >= 0.6 is 12.4 Å². The lowest BCUT2D eigenvalue weighted by atomic mass is 9.90. The molecule has 0 radical (unpaired) electrons. The van der Waals surface area contributed by atoms with Crippen LogP contribution in [0.15, 0.2) is 30.3 Å². The topological polar surface area (TPSA) is 32.3 Å². The van der Waals surface area contributed by atoms with Crippen molar-refractivity contribution in [3.63, 3.8) is 0 Å². The minimum Gasteiger partial charge on any atom is -0.396 e. The van der Waals surface area contributed by atoms with E-state index in [1.165, 1.54) is 5.56 Å². The monoisotopic (exact) mass is 213 g/mol. The zero-order valence-electron chi connectivity index (χ0n) is 8.02. The lowest BCUT2D eigenvalue weighted by molar-refractivity contribution is 0.226. The summed E-state index contributed by atoms with van der Waals surface area (Å²) >= 11 is 0. The van der Waals surface area contributed by atoms with E-state index in [1.54, 1.807) is 0 Å². The Morgan fingerprint density at radius 1 is 1.21 bits per heavy atom. The average molecular weight is 214 g/mol. The molecule has 1 aliphatic heterocycles.